The molecule has 0 aromatic heterocycles. The molecule has 1 aliphatic carbocycles. The quantitative estimate of drug-likeness (QED) is 0.811. The van der Waals surface area contributed by atoms with E-state index in [0.717, 1.165) is 31.0 Å². The number of nitrogens with zero attached hydrogens (tertiary/aromatic N) is 1. The highest BCUT2D eigenvalue weighted by Gasteiger charge is 2.36. The van der Waals surface area contributed by atoms with Crippen molar-refractivity contribution < 1.29 is 4.74 Å². The third-order valence-electron chi connectivity index (χ3n) is 5.25. The van der Waals surface area contributed by atoms with Gasteiger partial charge >= 0.3 is 0 Å². The van der Waals surface area contributed by atoms with Crippen LogP contribution in [0.25, 0.3) is 0 Å². The Morgan fingerprint density at radius 3 is 2.80 bits per heavy atom. The zero-order valence-corrected chi connectivity index (χ0v) is 14.0. The number of hydrogen-bond acceptors (Lipinski definition) is 3. The van der Waals surface area contributed by atoms with Crippen LogP contribution in [0.5, 0.6) is 0 Å². The molecule has 2 rings (SSSR count). The van der Waals surface area contributed by atoms with Crippen LogP contribution < -0.4 is 5.32 Å². The largest absolute Gasteiger partial charge is 0.384 e. The van der Waals surface area contributed by atoms with Gasteiger partial charge in [0.1, 0.15) is 0 Å². The number of hydrogen-bond donors (Lipinski definition) is 1. The molecular formula is C17H34N2O. The van der Waals surface area contributed by atoms with E-state index in [9.17, 15) is 0 Å². The summed E-state index contributed by atoms with van der Waals surface area (Å²) in [6.45, 7) is 13.0. The van der Waals surface area contributed by atoms with Crippen molar-refractivity contribution in [1.82, 2.24) is 10.2 Å². The third-order valence-corrected chi connectivity index (χ3v) is 5.25. The predicted octanol–water partition coefficient (Wildman–Crippen LogP) is 2.76. The van der Waals surface area contributed by atoms with Gasteiger partial charge in [-0.2, -0.15) is 0 Å². The molecule has 1 N–H and O–H groups in total. The van der Waals surface area contributed by atoms with E-state index in [1.165, 1.54) is 45.3 Å². The van der Waals surface area contributed by atoms with Crippen molar-refractivity contribution >= 4 is 0 Å². The number of nitrogens with one attached hydrogen (secondary N) is 1. The third kappa shape index (κ3) is 4.44. The SMILES string of the molecule is CCNC1CCC(C)(C)CC1CN1CCC(COC)C1. The molecule has 20 heavy (non-hydrogen) atoms. The van der Waals surface area contributed by atoms with Crippen LogP contribution in [0, 0.1) is 17.3 Å². The normalized spacial score (nSPS) is 34.5. The predicted molar refractivity (Wildman–Crippen MR) is 85.0 cm³/mol. The van der Waals surface area contributed by atoms with Crippen LogP contribution in [0.2, 0.25) is 0 Å². The van der Waals surface area contributed by atoms with Gasteiger partial charge in [0.05, 0.1) is 6.61 Å². The van der Waals surface area contributed by atoms with E-state index in [1.807, 2.05) is 7.11 Å². The van der Waals surface area contributed by atoms with E-state index in [4.69, 9.17) is 4.74 Å². The van der Waals surface area contributed by atoms with E-state index in [0.29, 0.717) is 5.41 Å². The van der Waals surface area contributed by atoms with Crippen LogP contribution in [0.1, 0.15) is 46.5 Å². The lowest BCUT2D eigenvalue weighted by atomic mass is 9.69. The second kappa shape index (κ2) is 7.24. The van der Waals surface area contributed by atoms with E-state index in [2.05, 4.69) is 31.0 Å². The molecule has 0 aromatic rings. The summed E-state index contributed by atoms with van der Waals surface area (Å²) in [5, 5.41) is 3.73. The lowest BCUT2D eigenvalue weighted by Crippen LogP contribution is -2.47. The molecule has 2 fully saturated rings. The summed E-state index contributed by atoms with van der Waals surface area (Å²) in [6.07, 6.45) is 5.40. The number of ether oxygens (including phenoxy) is 1. The Kier molecular flexibility index (Phi) is 5.88. The molecular weight excluding hydrogens is 248 g/mol. The summed E-state index contributed by atoms with van der Waals surface area (Å²) in [5.74, 6) is 1.58. The number of likely N-dealkylation sites (tertiary alicyclic amines) is 1. The lowest BCUT2D eigenvalue weighted by Gasteiger charge is -2.42. The van der Waals surface area contributed by atoms with Crippen LogP contribution in [0.3, 0.4) is 0 Å². The fourth-order valence-corrected chi connectivity index (χ4v) is 4.24. The zero-order valence-electron chi connectivity index (χ0n) is 14.0. The van der Waals surface area contributed by atoms with Crippen molar-refractivity contribution in [2.75, 3.05) is 39.9 Å². The maximum Gasteiger partial charge on any atom is 0.0503 e. The molecule has 2 aliphatic rings. The van der Waals surface area contributed by atoms with E-state index < -0.39 is 0 Å². The maximum atomic E-state index is 5.32. The molecule has 1 heterocycles. The summed E-state index contributed by atoms with van der Waals surface area (Å²) < 4.78 is 5.32. The molecule has 1 aliphatic heterocycles. The zero-order chi connectivity index (χ0) is 14.6. The minimum absolute atomic E-state index is 0.530. The van der Waals surface area contributed by atoms with E-state index in [1.54, 1.807) is 0 Å². The van der Waals surface area contributed by atoms with E-state index in [-0.39, 0.29) is 0 Å². The van der Waals surface area contributed by atoms with Crippen LogP contribution in [-0.4, -0.2) is 50.8 Å². The van der Waals surface area contributed by atoms with Crippen molar-refractivity contribution in [1.29, 1.82) is 0 Å². The van der Waals surface area contributed by atoms with Gasteiger partial charge < -0.3 is 15.0 Å². The smallest absolute Gasteiger partial charge is 0.0503 e. The molecule has 0 aromatic carbocycles. The van der Waals surface area contributed by atoms with E-state index >= 15 is 0 Å². The Labute approximate surface area is 125 Å². The number of methoxy groups -OCH3 is 1. The lowest BCUT2D eigenvalue weighted by molar-refractivity contribution is 0.103. The van der Waals surface area contributed by atoms with Crippen molar-refractivity contribution in [2.24, 2.45) is 17.3 Å². The summed E-state index contributed by atoms with van der Waals surface area (Å²) >= 11 is 0. The molecule has 3 atom stereocenters. The van der Waals surface area contributed by atoms with Gasteiger partial charge in [-0.25, -0.2) is 0 Å². The van der Waals surface area contributed by atoms with Crippen molar-refractivity contribution in [3.05, 3.63) is 0 Å². The summed E-state index contributed by atoms with van der Waals surface area (Å²) in [5.41, 5.74) is 0.530. The maximum absolute atomic E-state index is 5.32. The van der Waals surface area contributed by atoms with Crippen LogP contribution in [0.15, 0.2) is 0 Å². The van der Waals surface area contributed by atoms with Gasteiger partial charge in [0.15, 0.2) is 0 Å². The summed E-state index contributed by atoms with van der Waals surface area (Å²) in [6, 6.07) is 0.731. The van der Waals surface area contributed by atoms with Gasteiger partial charge in [0.2, 0.25) is 0 Å². The first-order chi connectivity index (χ1) is 9.54. The molecule has 118 valence electrons. The Bertz CT molecular complexity index is 293. The molecule has 3 unspecified atom stereocenters. The molecule has 3 heteroatoms. The van der Waals surface area contributed by atoms with Crippen molar-refractivity contribution in [2.45, 2.75) is 52.5 Å². The molecule has 0 spiro atoms. The van der Waals surface area contributed by atoms with Crippen molar-refractivity contribution in [3.63, 3.8) is 0 Å². The Hall–Kier alpha value is -0.120. The fourth-order valence-electron chi connectivity index (χ4n) is 4.24. The first kappa shape index (κ1) is 16.3. The standard InChI is InChI=1S/C17H34N2O/c1-5-18-16-6-8-17(2,3)10-15(16)12-19-9-7-14(11-19)13-20-4/h14-16,18H,5-13H2,1-4H3. The highest BCUT2D eigenvalue weighted by Crippen LogP contribution is 2.39. The molecule has 0 bridgehead atoms. The minimum Gasteiger partial charge on any atom is -0.384 e. The minimum atomic E-state index is 0.530. The Morgan fingerprint density at radius 2 is 2.10 bits per heavy atom. The van der Waals surface area contributed by atoms with Gasteiger partial charge in [-0.05, 0) is 56.0 Å². The Balaban J connectivity index is 1.87. The average molecular weight is 282 g/mol. The van der Waals surface area contributed by atoms with Crippen LogP contribution >= 0.6 is 0 Å². The second-order valence-corrected chi connectivity index (χ2v) is 7.70. The molecule has 1 saturated carbocycles. The van der Waals surface area contributed by atoms with Gasteiger partial charge in [-0.3, -0.25) is 0 Å². The van der Waals surface area contributed by atoms with Crippen molar-refractivity contribution in [3.8, 4) is 0 Å². The molecule has 3 nitrogen and oxygen atoms in total. The number of rotatable bonds is 6. The Morgan fingerprint density at radius 1 is 1.30 bits per heavy atom. The average Bonchev–Trinajstić information content (AvgIpc) is 2.80. The topological polar surface area (TPSA) is 24.5 Å². The van der Waals surface area contributed by atoms with Gasteiger partial charge in [-0.1, -0.05) is 20.8 Å². The van der Waals surface area contributed by atoms with Gasteiger partial charge in [-0.15, -0.1) is 0 Å². The summed E-state index contributed by atoms with van der Waals surface area (Å²) in [7, 11) is 1.83. The highest BCUT2D eigenvalue weighted by molar-refractivity contribution is 4.91. The molecule has 0 amide bonds. The second-order valence-electron chi connectivity index (χ2n) is 7.70. The van der Waals surface area contributed by atoms with Gasteiger partial charge in [0.25, 0.3) is 0 Å². The highest BCUT2D eigenvalue weighted by atomic mass is 16.5. The molecule has 0 radical (unpaired) electrons. The monoisotopic (exact) mass is 282 g/mol. The van der Waals surface area contributed by atoms with Gasteiger partial charge in [0, 0.05) is 26.2 Å². The molecule has 1 saturated heterocycles. The first-order valence-electron chi connectivity index (χ1n) is 8.48. The summed E-state index contributed by atoms with van der Waals surface area (Å²) in [4.78, 5) is 2.68. The van der Waals surface area contributed by atoms with Crippen LogP contribution in [-0.2, 0) is 4.74 Å². The van der Waals surface area contributed by atoms with Crippen LogP contribution in [0.4, 0.5) is 0 Å². The first-order valence-corrected chi connectivity index (χ1v) is 8.48. The fraction of sp³-hybridized carbons (Fsp3) is 1.00.